The van der Waals surface area contributed by atoms with Gasteiger partial charge in [0.25, 0.3) is 0 Å². The van der Waals surface area contributed by atoms with Crippen molar-refractivity contribution in [1.29, 1.82) is 0 Å². The third kappa shape index (κ3) is 7.91. The number of aliphatic hydroxyl groups is 1. The number of methoxy groups -OCH3 is 1. The average molecular weight is 700 g/mol. The Kier molecular flexibility index (Phi) is 11.3. The molecule has 3 aliphatic rings. The molecule has 2 aromatic carbocycles. The molecule has 8 nitrogen and oxygen atoms in total. The fraction of sp³-hybridized carbons (Fsp3) is 0.512. The van der Waals surface area contributed by atoms with Crippen LogP contribution in [-0.2, 0) is 15.6 Å². The lowest BCUT2D eigenvalue weighted by molar-refractivity contribution is -0.131. The maximum Gasteiger partial charge on any atom is 0.328 e. The molecule has 6 rings (SSSR count). The van der Waals surface area contributed by atoms with Crippen molar-refractivity contribution in [2.24, 2.45) is 16.7 Å². The number of piperidine rings is 1. The van der Waals surface area contributed by atoms with Crippen molar-refractivity contribution in [3.63, 3.8) is 0 Å². The van der Waals surface area contributed by atoms with Crippen LogP contribution in [0.25, 0.3) is 17.0 Å². The number of carboxylic acid groups (broad SMARTS) is 1. The molecule has 1 aromatic heterocycles. The second kappa shape index (κ2) is 15.5. The number of likely N-dealkylation sites (tertiary alicyclic amines) is 1. The quantitative estimate of drug-likeness (QED) is 0.135. The van der Waals surface area contributed by atoms with Gasteiger partial charge in [0.2, 0.25) is 5.88 Å². The highest BCUT2D eigenvalue weighted by Gasteiger charge is 2.50. The summed E-state index contributed by atoms with van der Waals surface area (Å²) in [6.45, 7) is 10.4. The largest absolute Gasteiger partial charge is 0.481 e. The molecule has 3 aromatic rings. The van der Waals surface area contributed by atoms with Crippen molar-refractivity contribution in [3.8, 4) is 5.88 Å². The van der Waals surface area contributed by atoms with Gasteiger partial charge in [0, 0.05) is 52.9 Å². The van der Waals surface area contributed by atoms with E-state index in [-0.39, 0.29) is 10.8 Å². The van der Waals surface area contributed by atoms with E-state index in [1.807, 2.05) is 48.5 Å². The lowest BCUT2D eigenvalue weighted by atomic mass is 9.50. The van der Waals surface area contributed by atoms with Gasteiger partial charge in [-0.3, -0.25) is 4.21 Å². The number of nitrogens with one attached hydrogen (secondary N) is 1. The molecule has 0 bridgehead atoms. The van der Waals surface area contributed by atoms with E-state index in [9.17, 15) is 14.1 Å². The molecule has 268 valence electrons. The van der Waals surface area contributed by atoms with Gasteiger partial charge >= 0.3 is 5.97 Å². The third-order valence-corrected chi connectivity index (χ3v) is 13.2. The maximum atomic E-state index is 13.7. The smallest absolute Gasteiger partial charge is 0.328 e. The van der Waals surface area contributed by atoms with E-state index in [1.54, 1.807) is 19.3 Å². The fourth-order valence-corrected chi connectivity index (χ4v) is 10.6. The molecule has 0 spiro atoms. The summed E-state index contributed by atoms with van der Waals surface area (Å²) < 4.78 is 19.1. The lowest BCUT2D eigenvalue weighted by Crippen LogP contribution is -2.48. The monoisotopic (exact) mass is 699 g/mol. The first-order valence-corrected chi connectivity index (χ1v) is 19.5. The second-order valence-electron chi connectivity index (χ2n) is 15.4. The lowest BCUT2D eigenvalue weighted by Gasteiger charge is -2.55. The summed E-state index contributed by atoms with van der Waals surface area (Å²) in [5, 5.41) is 25.3. The van der Waals surface area contributed by atoms with Crippen LogP contribution >= 0.6 is 0 Å². The fourth-order valence-electron chi connectivity index (χ4n) is 9.18. The van der Waals surface area contributed by atoms with E-state index in [0.717, 1.165) is 60.8 Å². The van der Waals surface area contributed by atoms with Gasteiger partial charge in [0.05, 0.1) is 29.5 Å². The van der Waals surface area contributed by atoms with Gasteiger partial charge in [-0.1, -0.05) is 68.7 Å². The maximum absolute atomic E-state index is 13.7. The van der Waals surface area contributed by atoms with Crippen molar-refractivity contribution in [1.82, 2.24) is 15.2 Å². The predicted molar refractivity (Wildman–Crippen MR) is 201 cm³/mol. The molecule has 0 amide bonds. The zero-order chi connectivity index (χ0) is 35.5. The molecule has 1 aliphatic heterocycles. The number of aliphatic carboxylic acids is 1. The van der Waals surface area contributed by atoms with Crippen LogP contribution < -0.4 is 10.1 Å². The Hall–Kier alpha value is -3.37. The van der Waals surface area contributed by atoms with Gasteiger partial charge in [-0.15, -0.1) is 0 Å². The second-order valence-corrected chi connectivity index (χ2v) is 16.8. The van der Waals surface area contributed by atoms with E-state index in [0.29, 0.717) is 41.2 Å². The highest BCUT2D eigenvalue weighted by Crippen LogP contribution is 2.59. The Morgan fingerprint density at radius 2 is 1.84 bits per heavy atom. The number of benzene rings is 2. The van der Waals surface area contributed by atoms with Gasteiger partial charge in [0.1, 0.15) is 0 Å². The molecule has 2 heterocycles. The van der Waals surface area contributed by atoms with Gasteiger partial charge in [-0.25, -0.2) is 9.78 Å². The minimum absolute atomic E-state index is 0.0781. The van der Waals surface area contributed by atoms with E-state index in [2.05, 4.69) is 36.0 Å². The highest BCUT2D eigenvalue weighted by molar-refractivity contribution is 7.85. The molecule has 4 unspecified atom stereocenters. The van der Waals surface area contributed by atoms with Gasteiger partial charge in [-0.2, -0.15) is 0 Å². The Bertz CT molecular complexity index is 1760. The summed E-state index contributed by atoms with van der Waals surface area (Å²) in [5.41, 5.74) is 5.32. The predicted octanol–water partition coefficient (Wildman–Crippen LogP) is 7.16. The average Bonchev–Trinajstić information content (AvgIpc) is 3.10. The zero-order valence-electron chi connectivity index (χ0n) is 30.0. The van der Waals surface area contributed by atoms with Crippen LogP contribution in [0.5, 0.6) is 5.88 Å². The molecule has 1 saturated carbocycles. The molecule has 0 radical (unpaired) electrons. The van der Waals surface area contributed by atoms with Gasteiger partial charge in [-0.05, 0) is 98.2 Å². The zero-order valence-corrected chi connectivity index (χ0v) is 30.8. The number of hydrogen-bond donors (Lipinski definition) is 3. The van der Waals surface area contributed by atoms with Crippen LogP contribution in [0.15, 0.2) is 76.7 Å². The van der Waals surface area contributed by atoms with Crippen molar-refractivity contribution in [3.05, 3.63) is 82.9 Å². The van der Waals surface area contributed by atoms with Crippen molar-refractivity contribution in [2.45, 2.75) is 82.8 Å². The number of ether oxygens (including phenoxy) is 1. The Morgan fingerprint density at radius 1 is 1.08 bits per heavy atom. The summed E-state index contributed by atoms with van der Waals surface area (Å²) in [6, 6.07) is 17.6. The van der Waals surface area contributed by atoms with E-state index >= 15 is 0 Å². The minimum Gasteiger partial charge on any atom is -0.481 e. The van der Waals surface area contributed by atoms with Gasteiger partial charge in [0.15, 0.2) is 0 Å². The standard InChI is InChI=1S/C41H53N3O5S/c1-40(2)21-8-22-41(3)34(27-50(48)31-9-6-5-7-10-31)29(12-16-36(40)41)25-42-30-19-23-44(24-20-30)26-35(45)33-14-11-28(13-18-38(46)47)32-15-17-37(49-4)43-39(32)33/h5-7,9-11,13-15,17-18,30,35-36,42,45H,8,12,16,19-27H2,1-4H3,(H,46,47)/b18-13+. The van der Waals surface area contributed by atoms with Gasteiger partial charge < -0.3 is 25.2 Å². The van der Waals surface area contributed by atoms with E-state index < -0.39 is 22.9 Å². The number of nitrogens with zero attached hydrogens (tertiary/aromatic N) is 2. The van der Waals surface area contributed by atoms with Crippen LogP contribution in [0.3, 0.4) is 0 Å². The van der Waals surface area contributed by atoms with Crippen LogP contribution in [0.1, 0.15) is 82.9 Å². The van der Waals surface area contributed by atoms with Crippen LogP contribution in [-0.4, -0.2) is 75.4 Å². The Balaban J connectivity index is 1.12. The number of rotatable bonds is 12. The summed E-state index contributed by atoms with van der Waals surface area (Å²) in [5.74, 6) is 0.646. The van der Waals surface area contributed by atoms with E-state index in [1.165, 1.54) is 36.8 Å². The number of hydrogen-bond acceptors (Lipinski definition) is 7. The number of carboxylic acids is 1. The first-order valence-electron chi connectivity index (χ1n) is 18.2. The summed E-state index contributed by atoms with van der Waals surface area (Å²) in [6.07, 6.45) is 9.81. The first kappa shape index (κ1) is 36.4. The first-order chi connectivity index (χ1) is 24.0. The molecule has 50 heavy (non-hydrogen) atoms. The molecule has 2 aliphatic carbocycles. The number of fused-ring (bicyclic) bond motifs is 2. The number of pyridine rings is 1. The van der Waals surface area contributed by atoms with E-state index in [4.69, 9.17) is 9.84 Å². The third-order valence-electron chi connectivity index (χ3n) is 11.9. The van der Waals surface area contributed by atoms with Crippen molar-refractivity contribution in [2.75, 3.05) is 39.0 Å². The summed E-state index contributed by atoms with van der Waals surface area (Å²) >= 11 is 0. The van der Waals surface area contributed by atoms with Crippen LogP contribution in [0.2, 0.25) is 0 Å². The normalized spacial score (nSPS) is 24.3. The number of aliphatic hydroxyl groups excluding tert-OH is 1. The highest BCUT2D eigenvalue weighted by atomic mass is 32.2. The Morgan fingerprint density at radius 3 is 2.56 bits per heavy atom. The number of aromatic nitrogens is 1. The molecule has 2 fully saturated rings. The van der Waals surface area contributed by atoms with Crippen LogP contribution in [0.4, 0.5) is 0 Å². The SMILES string of the molecule is COc1ccc2c(/C=C/C(=O)O)ccc(C(O)CN3CCC(NCC4=C(CS(=O)c5ccccc5)C5(C)CCCC(C)(C)C5CC4)CC3)c2n1. The topological polar surface area (TPSA) is 112 Å². The Labute approximate surface area is 299 Å². The molecular weight excluding hydrogens is 647 g/mol. The molecular formula is C41H53N3O5S. The van der Waals surface area contributed by atoms with Crippen molar-refractivity contribution >= 4 is 33.7 Å². The van der Waals surface area contributed by atoms with Crippen LogP contribution in [0, 0.1) is 16.7 Å². The van der Waals surface area contributed by atoms with Crippen molar-refractivity contribution < 1.29 is 24.0 Å². The summed E-state index contributed by atoms with van der Waals surface area (Å²) in [4.78, 5) is 19.0. The number of carbonyl (C=O) groups is 1. The molecule has 3 N–H and O–H groups in total. The summed E-state index contributed by atoms with van der Waals surface area (Å²) in [7, 11) is 0.485. The molecule has 9 heteroatoms. The minimum atomic E-state index is -1.07. The molecule has 1 saturated heterocycles. The number of β-amino-alcohol motifs (C(OH)–C–C–N with tert-alkyl or cyclic N) is 1. The molecule has 4 atom stereocenters.